The number of benzene rings is 1. The minimum absolute atomic E-state index is 0.229. The number of rotatable bonds is 4. The summed E-state index contributed by atoms with van der Waals surface area (Å²) in [5.41, 5.74) is 0.287. The van der Waals surface area contributed by atoms with Gasteiger partial charge >= 0.3 is 6.09 Å². The van der Waals surface area contributed by atoms with Gasteiger partial charge in [-0.25, -0.2) is 17.9 Å². The van der Waals surface area contributed by atoms with Gasteiger partial charge in [0.15, 0.2) is 0 Å². The molecule has 0 atom stereocenters. The van der Waals surface area contributed by atoms with Crippen molar-refractivity contribution < 1.29 is 17.9 Å². The molecule has 1 saturated heterocycles. The third-order valence-corrected chi connectivity index (χ3v) is 5.36. The van der Waals surface area contributed by atoms with Crippen molar-refractivity contribution in [2.24, 2.45) is 0 Å². The van der Waals surface area contributed by atoms with Crippen LogP contribution in [0.15, 0.2) is 24.3 Å². The fourth-order valence-corrected chi connectivity index (χ4v) is 4.25. The van der Waals surface area contributed by atoms with E-state index >= 15 is 0 Å². The van der Waals surface area contributed by atoms with Gasteiger partial charge in [-0.2, -0.15) is 5.26 Å². The van der Waals surface area contributed by atoms with Gasteiger partial charge < -0.3 is 9.64 Å². The van der Waals surface area contributed by atoms with E-state index in [1.165, 1.54) is 0 Å². The molecule has 1 aromatic rings. The summed E-state index contributed by atoms with van der Waals surface area (Å²) in [6, 6.07) is 8.44. The predicted molar refractivity (Wildman–Crippen MR) is 97.7 cm³/mol. The van der Waals surface area contributed by atoms with Crippen LogP contribution in [0.4, 0.5) is 4.79 Å². The second-order valence-corrected chi connectivity index (χ2v) is 9.14. The fourth-order valence-electron chi connectivity index (χ4n) is 2.76. The van der Waals surface area contributed by atoms with Gasteiger partial charge in [0.05, 0.1) is 17.4 Å². The van der Waals surface area contributed by atoms with Crippen LogP contribution in [0.25, 0.3) is 0 Å². The predicted octanol–water partition coefficient (Wildman–Crippen LogP) is 2.38. The molecule has 1 aliphatic rings. The van der Waals surface area contributed by atoms with Crippen LogP contribution in [0.5, 0.6) is 0 Å². The van der Waals surface area contributed by atoms with E-state index in [1.807, 2.05) is 26.8 Å². The van der Waals surface area contributed by atoms with E-state index in [4.69, 9.17) is 10.00 Å². The van der Waals surface area contributed by atoms with E-state index in [0.717, 1.165) is 0 Å². The van der Waals surface area contributed by atoms with Gasteiger partial charge in [0, 0.05) is 19.1 Å². The highest BCUT2D eigenvalue weighted by atomic mass is 32.2. The Morgan fingerprint density at radius 2 is 1.92 bits per heavy atom. The summed E-state index contributed by atoms with van der Waals surface area (Å²) < 4.78 is 32.8. The average Bonchev–Trinajstić information content (AvgIpc) is 2.53. The number of nitrogens with zero attached hydrogens (tertiary/aromatic N) is 2. The lowest BCUT2D eigenvalue weighted by atomic mass is 10.1. The Morgan fingerprint density at radius 3 is 2.50 bits per heavy atom. The molecule has 0 aromatic heterocycles. The smallest absolute Gasteiger partial charge is 0.410 e. The fraction of sp³-hybridized carbons (Fsp3) is 0.556. The molecule has 142 valence electrons. The highest BCUT2D eigenvalue weighted by molar-refractivity contribution is 7.88. The zero-order chi connectivity index (χ0) is 19.4. The van der Waals surface area contributed by atoms with Crippen molar-refractivity contribution in [1.29, 1.82) is 5.26 Å². The third-order valence-electron chi connectivity index (χ3n) is 3.98. The molecule has 1 N–H and O–H groups in total. The number of carbonyl (C=O) groups is 1. The lowest BCUT2D eigenvalue weighted by molar-refractivity contribution is 0.0203. The Labute approximate surface area is 155 Å². The van der Waals surface area contributed by atoms with E-state index in [-0.39, 0.29) is 17.9 Å². The number of carbonyl (C=O) groups excluding carboxylic acids is 1. The minimum atomic E-state index is -3.57. The topological polar surface area (TPSA) is 99.5 Å². The largest absolute Gasteiger partial charge is 0.444 e. The number of nitriles is 1. The van der Waals surface area contributed by atoms with Crippen molar-refractivity contribution in [3.63, 3.8) is 0 Å². The van der Waals surface area contributed by atoms with Gasteiger partial charge in [-0.3, -0.25) is 0 Å². The van der Waals surface area contributed by atoms with E-state index in [2.05, 4.69) is 4.72 Å². The van der Waals surface area contributed by atoms with Crippen LogP contribution in [0.2, 0.25) is 0 Å². The van der Waals surface area contributed by atoms with Crippen molar-refractivity contribution in [1.82, 2.24) is 9.62 Å². The summed E-state index contributed by atoms with van der Waals surface area (Å²) in [6.45, 7) is 6.31. The molecule has 0 bridgehead atoms. The first-order chi connectivity index (χ1) is 12.1. The molecule has 0 unspecified atom stereocenters. The lowest BCUT2D eigenvalue weighted by Crippen LogP contribution is -2.47. The maximum atomic E-state index is 12.4. The van der Waals surface area contributed by atoms with Gasteiger partial charge in [0.25, 0.3) is 0 Å². The quantitative estimate of drug-likeness (QED) is 0.866. The Hall–Kier alpha value is -2.11. The normalized spacial score (nSPS) is 16.2. The molecule has 0 radical (unpaired) electrons. The van der Waals surface area contributed by atoms with Crippen LogP contribution < -0.4 is 4.72 Å². The number of ether oxygens (including phenoxy) is 1. The lowest BCUT2D eigenvalue weighted by Gasteiger charge is -2.33. The molecule has 1 aromatic carbocycles. The summed E-state index contributed by atoms with van der Waals surface area (Å²) in [5, 5.41) is 9.08. The van der Waals surface area contributed by atoms with Crippen LogP contribution in [0.1, 0.15) is 44.7 Å². The van der Waals surface area contributed by atoms with Crippen molar-refractivity contribution in [3.8, 4) is 6.07 Å². The molecular formula is C18H25N3O4S. The summed E-state index contributed by atoms with van der Waals surface area (Å²) >= 11 is 0. The van der Waals surface area contributed by atoms with Crippen LogP contribution in [-0.2, 0) is 20.5 Å². The average molecular weight is 379 g/mol. The van der Waals surface area contributed by atoms with E-state index in [9.17, 15) is 13.2 Å². The molecule has 8 heteroatoms. The Bertz CT molecular complexity index is 785. The van der Waals surface area contributed by atoms with E-state index in [1.54, 1.807) is 29.2 Å². The van der Waals surface area contributed by atoms with Crippen molar-refractivity contribution in [2.75, 3.05) is 13.1 Å². The maximum absolute atomic E-state index is 12.4. The van der Waals surface area contributed by atoms with Crippen molar-refractivity contribution in [2.45, 2.75) is 51.0 Å². The SMILES string of the molecule is CC(C)(C)OC(=O)N1CCC(NS(=O)(=O)Cc2ccccc2C#N)CC1. The van der Waals surface area contributed by atoms with E-state index in [0.29, 0.717) is 37.1 Å². The Balaban J connectivity index is 1.90. The number of hydrogen-bond donors (Lipinski definition) is 1. The molecule has 26 heavy (non-hydrogen) atoms. The molecule has 1 fully saturated rings. The summed E-state index contributed by atoms with van der Waals surface area (Å²) in [7, 11) is -3.57. The standard InChI is InChI=1S/C18H25N3O4S/c1-18(2,3)25-17(22)21-10-8-16(9-11-21)20-26(23,24)13-15-7-5-4-6-14(15)12-19/h4-7,16,20H,8-11,13H2,1-3H3. The van der Waals surface area contributed by atoms with Gasteiger partial charge in [-0.05, 0) is 45.2 Å². The number of hydrogen-bond acceptors (Lipinski definition) is 5. The summed E-state index contributed by atoms with van der Waals surface area (Å²) in [5.74, 6) is -0.233. The molecule has 7 nitrogen and oxygen atoms in total. The molecule has 0 saturated carbocycles. The van der Waals surface area contributed by atoms with Gasteiger partial charge in [-0.15, -0.1) is 0 Å². The molecule has 1 heterocycles. The molecule has 0 aliphatic carbocycles. The zero-order valence-corrected chi connectivity index (χ0v) is 16.2. The van der Waals surface area contributed by atoms with Gasteiger partial charge in [0.2, 0.25) is 10.0 Å². The first-order valence-electron chi connectivity index (χ1n) is 8.55. The van der Waals surface area contributed by atoms with Crippen LogP contribution >= 0.6 is 0 Å². The minimum Gasteiger partial charge on any atom is -0.444 e. The van der Waals surface area contributed by atoms with Gasteiger partial charge in [-0.1, -0.05) is 18.2 Å². The highest BCUT2D eigenvalue weighted by Gasteiger charge is 2.29. The Morgan fingerprint density at radius 1 is 1.31 bits per heavy atom. The van der Waals surface area contributed by atoms with E-state index < -0.39 is 15.6 Å². The second kappa shape index (κ2) is 8.06. The number of nitrogens with one attached hydrogen (secondary N) is 1. The first kappa shape index (κ1) is 20.2. The number of likely N-dealkylation sites (tertiary alicyclic amines) is 1. The van der Waals surface area contributed by atoms with Crippen LogP contribution in [0, 0.1) is 11.3 Å². The van der Waals surface area contributed by atoms with Gasteiger partial charge in [0.1, 0.15) is 5.60 Å². The Kier molecular flexibility index (Phi) is 6.26. The third kappa shape index (κ3) is 6.00. The van der Waals surface area contributed by atoms with Crippen molar-refractivity contribution >= 4 is 16.1 Å². The second-order valence-electron chi connectivity index (χ2n) is 7.39. The number of piperidine rings is 1. The zero-order valence-electron chi connectivity index (χ0n) is 15.4. The van der Waals surface area contributed by atoms with Crippen LogP contribution in [-0.4, -0.2) is 44.1 Å². The first-order valence-corrected chi connectivity index (χ1v) is 10.2. The van der Waals surface area contributed by atoms with Crippen molar-refractivity contribution in [3.05, 3.63) is 35.4 Å². The summed E-state index contributed by atoms with van der Waals surface area (Å²) in [6.07, 6.45) is 0.679. The molecule has 2 rings (SSSR count). The molecule has 1 amide bonds. The van der Waals surface area contributed by atoms with Crippen LogP contribution in [0.3, 0.4) is 0 Å². The molecular weight excluding hydrogens is 354 g/mol. The number of amides is 1. The molecule has 1 aliphatic heterocycles. The number of sulfonamides is 1. The maximum Gasteiger partial charge on any atom is 0.410 e. The summed E-state index contributed by atoms with van der Waals surface area (Å²) in [4.78, 5) is 13.7. The highest BCUT2D eigenvalue weighted by Crippen LogP contribution is 2.17. The monoisotopic (exact) mass is 379 g/mol. The molecule has 0 spiro atoms.